The molecule has 0 aromatic heterocycles. The quantitative estimate of drug-likeness (QED) is 0.691. The van der Waals surface area contributed by atoms with Crippen molar-refractivity contribution in [2.45, 2.75) is 24.9 Å². The smallest absolute Gasteiger partial charge is 0.330 e. The van der Waals surface area contributed by atoms with Gasteiger partial charge in [0.2, 0.25) is 5.91 Å². The van der Waals surface area contributed by atoms with Gasteiger partial charge in [-0.15, -0.1) is 0 Å². The van der Waals surface area contributed by atoms with Crippen LogP contribution in [0.5, 0.6) is 0 Å². The largest absolute Gasteiger partial charge is 0.479 e. The average molecular weight is 248 g/mol. The topological polar surface area (TPSA) is 78.4 Å². The number of amides is 1. The number of benzene rings is 1. The lowest BCUT2D eigenvalue weighted by Crippen LogP contribution is -2.39. The van der Waals surface area contributed by atoms with Crippen LogP contribution in [0.3, 0.4) is 0 Å². The third kappa shape index (κ3) is 3.56. The number of aliphatic carboxylic acids is 1. The van der Waals surface area contributed by atoms with E-state index in [0.29, 0.717) is 11.6 Å². The van der Waals surface area contributed by atoms with Gasteiger partial charge in [-0.2, -0.15) is 0 Å². The van der Waals surface area contributed by atoms with E-state index in [9.17, 15) is 9.59 Å². The number of rotatable bonds is 6. The second kappa shape index (κ2) is 5.64. The molecule has 5 nitrogen and oxygen atoms in total. The molecule has 1 saturated carbocycles. The van der Waals surface area contributed by atoms with Crippen molar-refractivity contribution < 1.29 is 14.7 Å². The molecule has 0 unspecified atom stereocenters. The lowest BCUT2D eigenvalue weighted by Gasteiger charge is -2.15. The van der Waals surface area contributed by atoms with Crippen LogP contribution in [0.1, 0.15) is 24.4 Å². The molecule has 0 spiro atoms. The Morgan fingerprint density at radius 2 is 1.94 bits per heavy atom. The third-order valence-corrected chi connectivity index (χ3v) is 2.81. The number of hydrogen-bond acceptors (Lipinski definition) is 3. The summed E-state index contributed by atoms with van der Waals surface area (Å²) in [4.78, 5) is 22.8. The van der Waals surface area contributed by atoms with Crippen molar-refractivity contribution in [2.24, 2.45) is 0 Å². The van der Waals surface area contributed by atoms with Gasteiger partial charge in [-0.25, -0.2) is 4.79 Å². The third-order valence-electron chi connectivity index (χ3n) is 2.81. The zero-order valence-electron chi connectivity index (χ0n) is 9.93. The summed E-state index contributed by atoms with van der Waals surface area (Å²) in [6.45, 7) is 0.168. The Hall–Kier alpha value is -1.88. The van der Waals surface area contributed by atoms with Crippen molar-refractivity contribution in [1.29, 1.82) is 0 Å². The van der Waals surface area contributed by atoms with E-state index in [4.69, 9.17) is 5.11 Å². The first-order valence-corrected chi connectivity index (χ1v) is 5.97. The molecule has 0 heterocycles. The molecule has 2 rings (SSSR count). The summed E-state index contributed by atoms with van der Waals surface area (Å²) in [6.07, 6.45) is 2.18. The van der Waals surface area contributed by atoms with Gasteiger partial charge in [0.15, 0.2) is 6.04 Å². The van der Waals surface area contributed by atoms with Gasteiger partial charge in [0.25, 0.3) is 0 Å². The monoisotopic (exact) mass is 248 g/mol. The van der Waals surface area contributed by atoms with Crippen molar-refractivity contribution in [2.75, 3.05) is 6.54 Å². The second-order valence-electron chi connectivity index (χ2n) is 4.40. The predicted molar refractivity (Wildman–Crippen MR) is 66.0 cm³/mol. The second-order valence-corrected chi connectivity index (χ2v) is 4.40. The number of carbonyl (C=O) groups is 2. The first-order chi connectivity index (χ1) is 8.66. The minimum atomic E-state index is -1.05. The van der Waals surface area contributed by atoms with Crippen molar-refractivity contribution in [3.63, 3.8) is 0 Å². The van der Waals surface area contributed by atoms with Crippen molar-refractivity contribution in [3.05, 3.63) is 35.9 Å². The van der Waals surface area contributed by atoms with Crippen LogP contribution in [0.4, 0.5) is 0 Å². The summed E-state index contributed by atoms with van der Waals surface area (Å²) in [6, 6.07) is 8.12. The van der Waals surface area contributed by atoms with Gasteiger partial charge in [0, 0.05) is 6.04 Å². The highest BCUT2D eigenvalue weighted by Crippen LogP contribution is 2.18. The zero-order chi connectivity index (χ0) is 13.0. The van der Waals surface area contributed by atoms with E-state index in [1.807, 2.05) is 0 Å². The molecule has 3 N–H and O–H groups in total. The summed E-state index contributed by atoms with van der Waals surface area (Å²) in [5, 5.41) is 14.7. The molecule has 1 aliphatic rings. The van der Waals surface area contributed by atoms with Crippen LogP contribution in [-0.2, 0) is 9.59 Å². The number of carboxylic acid groups (broad SMARTS) is 1. The normalized spacial score (nSPS) is 16.0. The molecule has 1 aromatic carbocycles. The van der Waals surface area contributed by atoms with Gasteiger partial charge in [-0.3, -0.25) is 4.79 Å². The maximum absolute atomic E-state index is 11.6. The Bertz CT molecular complexity index is 429. The highest BCUT2D eigenvalue weighted by molar-refractivity contribution is 5.85. The van der Waals surface area contributed by atoms with E-state index in [1.165, 1.54) is 0 Å². The molecule has 0 saturated heterocycles. The van der Waals surface area contributed by atoms with Gasteiger partial charge in [-0.05, 0) is 18.4 Å². The Labute approximate surface area is 105 Å². The lowest BCUT2D eigenvalue weighted by molar-refractivity contribution is -0.141. The van der Waals surface area contributed by atoms with Crippen LogP contribution in [0.25, 0.3) is 0 Å². The van der Waals surface area contributed by atoms with Crippen molar-refractivity contribution in [3.8, 4) is 0 Å². The molecule has 0 bridgehead atoms. The van der Waals surface area contributed by atoms with Crippen LogP contribution >= 0.6 is 0 Å². The van der Waals surface area contributed by atoms with E-state index in [-0.39, 0.29) is 12.5 Å². The van der Waals surface area contributed by atoms with Crippen LogP contribution in [0.2, 0.25) is 0 Å². The molecular weight excluding hydrogens is 232 g/mol. The number of nitrogens with one attached hydrogen (secondary N) is 2. The van der Waals surface area contributed by atoms with Crippen molar-refractivity contribution >= 4 is 11.9 Å². The maximum Gasteiger partial charge on any atom is 0.330 e. The Morgan fingerprint density at radius 1 is 1.28 bits per heavy atom. The minimum Gasteiger partial charge on any atom is -0.479 e. The van der Waals surface area contributed by atoms with Crippen molar-refractivity contribution in [1.82, 2.24) is 10.6 Å². The fraction of sp³-hybridized carbons (Fsp3) is 0.385. The number of carboxylic acids is 1. The lowest BCUT2D eigenvalue weighted by atomic mass is 10.1. The highest BCUT2D eigenvalue weighted by atomic mass is 16.4. The molecule has 1 aliphatic carbocycles. The van der Waals surface area contributed by atoms with Gasteiger partial charge in [0.1, 0.15) is 0 Å². The molecule has 96 valence electrons. The summed E-state index contributed by atoms with van der Waals surface area (Å²) in [5.41, 5.74) is 0.574. The molecular formula is C13H16N2O3. The van der Waals surface area contributed by atoms with Crippen LogP contribution in [0, 0.1) is 0 Å². The molecule has 1 aromatic rings. The van der Waals surface area contributed by atoms with E-state index in [0.717, 1.165) is 12.8 Å². The first kappa shape index (κ1) is 12.6. The minimum absolute atomic E-state index is 0.168. The molecule has 1 amide bonds. The van der Waals surface area contributed by atoms with Crippen LogP contribution in [0.15, 0.2) is 30.3 Å². The van der Waals surface area contributed by atoms with Crippen LogP contribution in [-0.4, -0.2) is 29.6 Å². The van der Waals surface area contributed by atoms with E-state index in [2.05, 4.69) is 10.6 Å². The molecule has 1 fully saturated rings. The maximum atomic E-state index is 11.6. The molecule has 5 heteroatoms. The molecule has 18 heavy (non-hydrogen) atoms. The summed E-state index contributed by atoms with van der Waals surface area (Å²) in [5.74, 6) is -1.35. The average Bonchev–Trinajstić information content (AvgIpc) is 3.18. The van der Waals surface area contributed by atoms with E-state index >= 15 is 0 Å². The fourth-order valence-electron chi connectivity index (χ4n) is 1.67. The Kier molecular flexibility index (Phi) is 3.94. The van der Waals surface area contributed by atoms with E-state index in [1.54, 1.807) is 30.3 Å². The molecule has 0 radical (unpaired) electrons. The SMILES string of the molecule is O=C(CNC1CC1)N[C@@H](C(=O)O)c1ccccc1. The molecule has 1 atom stereocenters. The summed E-state index contributed by atoms with van der Waals surface area (Å²) < 4.78 is 0. The molecule has 0 aliphatic heterocycles. The van der Waals surface area contributed by atoms with Gasteiger partial charge in [-0.1, -0.05) is 30.3 Å². The predicted octanol–water partition coefficient (Wildman–Crippen LogP) is 0.680. The summed E-state index contributed by atoms with van der Waals surface area (Å²) in [7, 11) is 0. The van der Waals surface area contributed by atoms with Gasteiger partial charge < -0.3 is 15.7 Å². The fourth-order valence-corrected chi connectivity index (χ4v) is 1.67. The number of hydrogen-bond donors (Lipinski definition) is 3. The summed E-state index contributed by atoms with van der Waals surface area (Å²) >= 11 is 0. The Morgan fingerprint density at radius 3 is 2.50 bits per heavy atom. The van der Waals surface area contributed by atoms with Gasteiger partial charge >= 0.3 is 5.97 Å². The van der Waals surface area contributed by atoms with E-state index < -0.39 is 12.0 Å². The van der Waals surface area contributed by atoms with Crippen LogP contribution < -0.4 is 10.6 Å². The highest BCUT2D eigenvalue weighted by Gasteiger charge is 2.24. The number of carbonyl (C=O) groups excluding carboxylic acids is 1. The van der Waals surface area contributed by atoms with Gasteiger partial charge in [0.05, 0.1) is 6.54 Å². The Balaban J connectivity index is 1.93. The zero-order valence-corrected chi connectivity index (χ0v) is 9.93. The first-order valence-electron chi connectivity index (χ1n) is 5.97. The standard InChI is InChI=1S/C13H16N2O3/c16-11(8-14-10-6-7-10)15-12(13(17)18)9-4-2-1-3-5-9/h1-5,10,12,14H,6-8H2,(H,15,16)(H,17,18)/t12-/m1/s1.